The van der Waals surface area contributed by atoms with Crippen LogP contribution in [0, 0.1) is 0 Å². The largest absolute Gasteiger partial charge is 0.483 e. The normalized spacial score (nSPS) is 26.3. The molecule has 0 spiro atoms. The predicted octanol–water partition coefficient (Wildman–Crippen LogP) is 3.11. The maximum absolute atomic E-state index is 13.2. The zero-order chi connectivity index (χ0) is 20.5. The van der Waals surface area contributed by atoms with Crippen molar-refractivity contribution in [3.63, 3.8) is 0 Å². The Morgan fingerprint density at radius 2 is 1.69 bits per heavy atom. The molecule has 2 N–H and O–H groups in total. The molecule has 0 bridgehead atoms. The minimum absolute atomic E-state index is 0.194. The van der Waals surface area contributed by atoms with E-state index in [4.69, 9.17) is 9.90 Å². The average molecular weight is 421 g/mol. The van der Waals surface area contributed by atoms with E-state index in [9.17, 15) is 4.79 Å². The van der Waals surface area contributed by atoms with Gasteiger partial charge in [-0.2, -0.15) is 0 Å². The van der Waals surface area contributed by atoms with Crippen molar-refractivity contribution < 1.29 is 14.7 Å². The van der Waals surface area contributed by atoms with Crippen molar-refractivity contribution in [3.05, 3.63) is 18.5 Å². The highest BCUT2D eigenvalue weighted by Gasteiger charge is 2.47. The first-order chi connectivity index (χ1) is 14.2. The van der Waals surface area contributed by atoms with E-state index >= 15 is 0 Å². The van der Waals surface area contributed by atoms with Crippen molar-refractivity contribution in [2.75, 3.05) is 13.1 Å². The lowest BCUT2D eigenvalue weighted by molar-refractivity contribution is -0.133. The van der Waals surface area contributed by atoms with E-state index in [-0.39, 0.29) is 12.0 Å². The van der Waals surface area contributed by atoms with Gasteiger partial charge in [0.15, 0.2) is 5.16 Å². The molecule has 0 atom stereocenters. The minimum Gasteiger partial charge on any atom is -0.483 e. The van der Waals surface area contributed by atoms with Gasteiger partial charge in [-0.25, -0.2) is 9.97 Å². The fraction of sp³-hybridized carbons (Fsp3) is 0.714. The molecule has 1 aromatic heterocycles. The highest BCUT2D eigenvalue weighted by molar-refractivity contribution is 7.99. The topological polar surface area (TPSA) is 95.4 Å². The summed E-state index contributed by atoms with van der Waals surface area (Å²) in [4.78, 5) is 32.7. The van der Waals surface area contributed by atoms with Crippen LogP contribution >= 0.6 is 11.8 Å². The average Bonchev–Trinajstić information content (AvgIpc) is 3.44. The first-order valence-corrected chi connectivity index (χ1v) is 11.6. The maximum atomic E-state index is 13.2. The smallest absolute Gasteiger partial charge is 0.290 e. The van der Waals surface area contributed by atoms with Crippen LogP contribution in [0.3, 0.4) is 0 Å². The number of thioether (sulfide) groups is 1. The van der Waals surface area contributed by atoms with Gasteiger partial charge in [-0.1, -0.05) is 24.6 Å². The van der Waals surface area contributed by atoms with Gasteiger partial charge in [0.05, 0.1) is 0 Å². The molecule has 0 radical (unpaired) electrons. The number of aromatic nitrogens is 2. The van der Waals surface area contributed by atoms with Gasteiger partial charge in [0.2, 0.25) is 5.91 Å². The molecule has 160 valence electrons. The molecule has 3 aliphatic rings. The van der Waals surface area contributed by atoms with Crippen LogP contribution in [-0.2, 0) is 9.59 Å². The fourth-order valence-corrected chi connectivity index (χ4v) is 5.98. The molecule has 2 saturated carbocycles. The predicted molar refractivity (Wildman–Crippen MR) is 113 cm³/mol. The van der Waals surface area contributed by atoms with E-state index in [2.05, 4.69) is 20.2 Å². The molecule has 0 unspecified atom stereocenters. The number of carbonyl (C=O) groups excluding carboxylic acids is 1. The number of carbonyl (C=O) groups is 2. The molecule has 2 heterocycles. The van der Waals surface area contributed by atoms with Gasteiger partial charge in [-0.15, -0.1) is 0 Å². The van der Waals surface area contributed by atoms with Crippen LogP contribution in [0.2, 0.25) is 0 Å². The Kier molecular flexibility index (Phi) is 8.29. The van der Waals surface area contributed by atoms with Crippen LogP contribution in [-0.4, -0.2) is 62.3 Å². The van der Waals surface area contributed by atoms with Crippen molar-refractivity contribution in [1.82, 2.24) is 20.2 Å². The summed E-state index contributed by atoms with van der Waals surface area (Å²) < 4.78 is 0. The lowest BCUT2D eigenvalue weighted by Gasteiger charge is -2.39. The third-order valence-electron chi connectivity index (χ3n) is 6.39. The molecule has 8 heteroatoms. The van der Waals surface area contributed by atoms with Gasteiger partial charge < -0.3 is 10.4 Å². The summed E-state index contributed by atoms with van der Waals surface area (Å²) in [7, 11) is 0. The molecule has 1 saturated heterocycles. The molecule has 29 heavy (non-hydrogen) atoms. The molecular weight excluding hydrogens is 388 g/mol. The van der Waals surface area contributed by atoms with Gasteiger partial charge in [0.25, 0.3) is 6.47 Å². The third-order valence-corrected chi connectivity index (χ3v) is 7.61. The summed E-state index contributed by atoms with van der Waals surface area (Å²) in [6.07, 6.45) is 15.0. The number of likely N-dealkylation sites (tertiary alicyclic amines) is 1. The fourth-order valence-electron chi connectivity index (χ4n) is 4.93. The summed E-state index contributed by atoms with van der Waals surface area (Å²) in [6.45, 7) is 1.96. The second kappa shape index (κ2) is 10.9. The Bertz CT molecular complexity index is 641. The molecule has 4 rings (SSSR count). The van der Waals surface area contributed by atoms with Gasteiger partial charge >= 0.3 is 0 Å². The second-order valence-corrected chi connectivity index (χ2v) is 9.40. The Labute approximate surface area is 177 Å². The van der Waals surface area contributed by atoms with Gasteiger partial charge in [0, 0.05) is 23.7 Å². The van der Waals surface area contributed by atoms with Crippen molar-refractivity contribution in [2.45, 2.75) is 86.2 Å². The molecule has 1 aliphatic heterocycles. The second-order valence-electron chi connectivity index (χ2n) is 8.13. The Hall–Kier alpha value is -1.67. The summed E-state index contributed by atoms with van der Waals surface area (Å²) >= 11 is 1.79. The van der Waals surface area contributed by atoms with Crippen molar-refractivity contribution >= 4 is 24.1 Å². The van der Waals surface area contributed by atoms with E-state index < -0.39 is 0 Å². The quantitative estimate of drug-likeness (QED) is 0.558. The Morgan fingerprint density at radius 1 is 1.10 bits per heavy atom. The highest BCUT2D eigenvalue weighted by Crippen LogP contribution is 2.38. The zero-order valence-corrected chi connectivity index (χ0v) is 17.8. The number of hydrogen-bond donors (Lipinski definition) is 2. The molecule has 1 aromatic rings. The number of carboxylic acid groups (broad SMARTS) is 1. The number of nitrogens with one attached hydrogen (secondary N) is 1. The van der Waals surface area contributed by atoms with E-state index in [1.54, 1.807) is 24.2 Å². The summed E-state index contributed by atoms with van der Waals surface area (Å²) in [5.74, 6) is 0.319. The number of hydrogen-bond acceptors (Lipinski definition) is 6. The van der Waals surface area contributed by atoms with Crippen LogP contribution in [0.15, 0.2) is 23.6 Å². The van der Waals surface area contributed by atoms with Crippen molar-refractivity contribution in [3.8, 4) is 0 Å². The molecule has 0 aromatic carbocycles. The van der Waals surface area contributed by atoms with E-state index in [0.717, 1.165) is 56.8 Å². The monoisotopic (exact) mass is 420 g/mol. The lowest BCUT2D eigenvalue weighted by atomic mass is 9.90. The van der Waals surface area contributed by atoms with Crippen LogP contribution in [0.4, 0.5) is 0 Å². The van der Waals surface area contributed by atoms with Gasteiger partial charge in [0.1, 0.15) is 5.54 Å². The van der Waals surface area contributed by atoms with Gasteiger partial charge in [-0.05, 0) is 70.5 Å². The van der Waals surface area contributed by atoms with E-state index in [1.807, 2.05) is 6.07 Å². The van der Waals surface area contributed by atoms with Crippen LogP contribution in [0.1, 0.15) is 64.2 Å². The standard InChI is InChI=1S/C20H30N4OS.CH2O2/c25-18(20(10-1-2-11-20)24-14-3-4-15-24)23-16-6-8-17(9-7-16)26-19-21-12-5-13-22-19;2-1-3/h5,12-13,16-17H,1-4,6-11,14-15H2,(H,23,25);1H,(H,2,3). The molecular formula is C21H32N4O3S. The molecule has 2 aliphatic carbocycles. The maximum Gasteiger partial charge on any atom is 0.290 e. The Morgan fingerprint density at radius 3 is 2.28 bits per heavy atom. The van der Waals surface area contributed by atoms with E-state index in [0.29, 0.717) is 17.2 Å². The Balaban J connectivity index is 0.000000755. The van der Waals surface area contributed by atoms with Crippen molar-refractivity contribution in [2.24, 2.45) is 0 Å². The van der Waals surface area contributed by atoms with E-state index in [1.165, 1.54) is 25.7 Å². The first kappa shape index (κ1) is 22.0. The van der Waals surface area contributed by atoms with Crippen LogP contribution < -0.4 is 5.32 Å². The van der Waals surface area contributed by atoms with Crippen molar-refractivity contribution in [1.29, 1.82) is 0 Å². The highest BCUT2D eigenvalue weighted by atomic mass is 32.2. The third kappa shape index (κ3) is 5.69. The lowest BCUT2D eigenvalue weighted by Crippen LogP contribution is -2.58. The first-order valence-electron chi connectivity index (χ1n) is 10.8. The number of rotatable bonds is 5. The van der Waals surface area contributed by atoms with Crippen LogP contribution in [0.5, 0.6) is 0 Å². The zero-order valence-electron chi connectivity index (χ0n) is 17.0. The minimum atomic E-state index is -0.250. The summed E-state index contributed by atoms with van der Waals surface area (Å²) in [5, 5.41) is 11.8. The van der Waals surface area contributed by atoms with Crippen LogP contribution in [0.25, 0.3) is 0 Å². The summed E-state index contributed by atoms with van der Waals surface area (Å²) in [6, 6.07) is 2.20. The SMILES string of the molecule is O=C(NC1CCC(Sc2ncccn2)CC1)C1(N2CCCC2)CCCC1.O=CO. The molecule has 3 fully saturated rings. The summed E-state index contributed by atoms with van der Waals surface area (Å²) in [5.41, 5.74) is -0.194. The number of nitrogens with zero attached hydrogens (tertiary/aromatic N) is 3. The van der Waals surface area contributed by atoms with Gasteiger partial charge in [-0.3, -0.25) is 14.5 Å². The molecule has 7 nitrogen and oxygen atoms in total. The number of amides is 1. The molecule has 1 amide bonds.